The van der Waals surface area contributed by atoms with E-state index in [0.29, 0.717) is 5.92 Å². The van der Waals surface area contributed by atoms with Crippen LogP contribution in [0.4, 0.5) is 10.1 Å². The molecule has 3 rings (SSSR count). The highest BCUT2D eigenvalue weighted by Gasteiger charge is 2.27. The highest BCUT2D eigenvalue weighted by Crippen LogP contribution is 2.31. The molecule has 22 heavy (non-hydrogen) atoms. The third-order valence-electron chi connectivity index (χ3n) is 4.19. The molecule has 2 heterocycles. The van der Waals surface area contributed by atoms with E-state index in [4.69, 9.17) is 0 Å². The molecular formula is C18H22FN3. The van der Waals surface area contributed by atoms with Crippen LogP contribution in [0.2, 0.25) is 0 Å². The van der Waals surface area contributed by atoms with Gasteiger partial charge in [0.15, 0.2) is 0 Å². The fourth-order valence-electron chi connectivity index (χ4n) is 3.10. The van der Waals surface area contributed by atoms with Crippen LogP contribution in [-0.4, -0.2) is 18.1 Å². The van der Waals surface area contributed by atoms with Gasteiger partial charge in [0.05, 0.1) is 17.6 Å². The molecule has 0 amide bonds. The maximum Gasteiger partial charge on any atom is 0.143 e. The number of hydrogen-bond acceptors (Lipinski definition) is 3. The molecule has 3 nitrogen and oxygen atoms in total. The van der Waals surface area contributed by atoms with Crippen LogP contribution in [0, 0.1) is 11.7 Å². The van der Waals surface area contributed by atoms with Crippen LogP contribution in [0.1, 0.15) is 30.6 Å². The van der Waals surface area contributed by atoms with Gasteiger partial charge < -0.3 is 10.6 Å². The SMILES string of the molecule is CCCN[C@H](c1ccccc1)[C@H]1CNc2cc(F)cnc2C1. The molecule has 116 valence electrons. The molecule has 1 aromatic heterocycles. The monoisotopic (exact) mass is 299 g/mol. The van der Waals surface area contributed by atoms with Crippen LogP contribution in [0.5, 0.6) is 0 Å². The van der Waals surface area contributed by atoms with Gasteiger partial charge in [-0.1, -0.05) is 37.3 Å². The molecule has 1 aliphatic heterocycles. The van der Waals surface area contributed by atoms with Crippen molar-refractivity contribution in [2.75, 3.05) is 18.4 Å². The summed E-state index contributed by atoms with van der Waals surface area (Å²) in [5, 5.41) is 6.99. The zero-order chi connectivity index (χ0) is 15.4. The van der Waals surface area contributed by atoms with Crippen molar-refractivity contribution >= 4 is 5.69 Å². The molecule has 0 unspecified atom stereocenters. The molecule has 0 bridgehead atoms. The third kappa shape index (κ3) is 3.28. The summed E-state index contributed by atoms with van der Waals surface area (Å²) in [6.45, 7) is 3.99. The average Bonchev–Trinajstić information content (AvgIpc) is 2.56. The Kier molecular flexibility index (Phi) is 4.68. The van der Waals surface area contributed by atoms with Crippen molar-refractivity contribution in [1.82, 2.24) is 10.3 Å². The Balaban J connectivity index is 1.82. The summed E-state index contributed by atoms with van der Waals surface area (Å²) in [5.41, 5.74) is 3.09. The first-order chi connectivity index (χ1) is 10.8. The molecule has 0 fully saturated rings. The quantitative estimate of drug-likeness (QED) is 0.886. The molecule has 2 N–H and O–H groups in total. The van der Waals surface area contributed by atoms with E-state index in [-0.39, 0.29) is 11.9 Å². The lowest BCUT2D eigenvalue weighted by atomic mass is 9.86. The molecule has 4 heteroatoms. The molecule has 2 aromatic rings. The van der Waals surface area contributed by atoms with Crippen molar-refractivity contribution in [2.45, 2.75) is 25.8 Å². The Bertz CT molecular complexity index is 615. The number of hydrogen-bond donors (Lipinski definition) is 2. The summed E-state index contributed by atoms with van der Waals surface area (Å²) in [5.74, 6) is 0.118. The first kappa shape index (κ1) is 15.0. The number of rotatable bonds is 5. The standard InChI is InChI=1S/C18H22FN3/c1-2-8-20-18(13-6-4-3-5-7-13)14-9-16-17(21-11-14)10-15(19)12-22-16/h3-7,10,12,14,18,20-21H,2,8-9,11H2,1H3/t14-,18-/m1/s1. The van der Waals surface area contributed by atoms with Gasteiger partial charge in [0.25, 0.3) is 0 Å². The largest absolute Gasteiger partial charge is 0.383 e. The van der Waals surface area contributed by atoms with Gasteiger partial charge in [-0.25, -0.2) is 4.39 Å². The Morgan fingerprint density at radius 2 is 2.18 bits per heavy atom. The van der Waals surface area contributed by atoms with E-state index in [1.165, 1.54) is 17.8 Å². The highest BCUT2D eigenvalue weighted by molar-refractivity contribution is 5.50. The molecule has 0 radical (unpaired) electrons. The summed E-state index contributed by atoms with van der Waals surface area (Å²) >= 11 is 0. The van der Waals surface area contributed by atoms with E-state index < -0.39 is 0 Å². The van der Waals surface area contributed by atoms with E-state index in [1.54, 1.807) is 0 Å². The summed E-state index contributed by atoms with van der Waals surface area (Å²) in [4.78, 5) is 4.26. The second kappa shape index (κ2) is 6.88. The zero-order valence-corrected chi connectivity index (χ0v) is 12.8. The Labute approximate surface area is 131 Å². The van der Waals surface area contributed by atoms with Crippen LogP contribution in [-0.2, 0) is 6.42 Å². The summed E-state index contributed by atoms with van der Waals surface area (Å²) < 4.78 is 13.3. The van der Waals surface area contributed by atoms with Gasteiger partial charge in [0.1, 0.15) is 5.82 Å². The number of aromatic nitrogens is 1. The number of halogens is 1. The van der Waals surface area contributed by atoms with Crippen LogP contribution >= 0.6 is 0 Å². The van der Waals surface area contributed by atoms with Gasteiger partial charge in [-0.2, -0.15) is 0 Å². The minimum absolute atomic E-state index is 0.284. The number of nitrogens with zero attached hydrogens (tertiary/aromatic N) is 1. The van der Waals surface area contributed by atoms with E-state index in [0.717, 1.165) is 37.3 Å². The van der Waals surface area contributed by atoms with Gasteiger partial charge in [-0.05, 0) is 24.9 Å². The number of benzene rings is 1. The van der Waals surface area contributed by atoms with E-state index in [2.05, 4.69) is 46.8 Å². The molecule has 0 saturated heterocycles. The highest BCUT2D eigenvalue weighted by atomic mass is 19.1. The zero-order valence-electron chi connectivity index (χ0n) is 12.8. The number of nitrogens with one attached hydrogen (secondary N) is 2. The Hall–Kier alpha value is -1.94. The fraction of sp³-hybridized carbons (Fsp3) is 0.389. The fourth-order valence-corrected chi connectivity index (χ4v) is 3.10. The van der Waals surface area contributed by atoms with Crippen LogP contribution in [0.15, 0.2) is 42.6 Å². The molecule has 1 aromatic carbocycles. The first-order valence-corrected chi connectivity index (χ1v) is 7.94. The van der Waals surface area contributed by atoms with Crippen LogP contribution < -0.4 is 10.6 Å². The predicted octanol–water partition coefficient (Wildman–Crippen LogP) is 3.55. The van der Waals surface area contributed by atoms with Crippen molar-refractivity contribution in [2.24, 2.45) is 5.92 Å². The van der Waals surface area contributed by atoms with Crippen molar-refractivity contribution < 1.29 is 4.39 Å². The topological polar surface area (TPSA) is 37.0 Å². The first-order valence-electron chi connectivity index (χ1n) is 7.94. The summed E-state index contributed by atoms with van der Waals surface area (Å²) in [6, 6.07) is 12.4. The summed E-state index contributed by atoms with van der Waals surface area (Å²) in [7, 11) is 0. The average molecular weight is 299 g/mol. The lowest BCUT2D eigenvalue weighted by Gasteiger charge is -2.33. The van der Waals surface area contributed by atoms with Crippen molar-refractivity contribution in [3.05, 3.63) is 59.7 Å². The molecule has 1 aliphatic rings. The minimum atomic E-state index is -0.284. The minimum Gasteiger partial charge on any atom is -0.383 e. The van der Waals surface area contributed by atoms with E-state index in [9.17, 15) is 4.39 Å². The molecule has 0 saturated carbocycles. The lowest BCUT2D eigenvalue weighted by Crippen LogP contribution is -2.36. The van der Waals surface area contributed by atoms with Crippen molar-refractivity contribution in [3.63, 3.8) is 0 Å². The normalized spacial score (nSPS) is 18.4. The number of anilines is 1. The molecule has 0 spiro atoms. The Morgan fingerprint density at radius 1 is 1.36 bits per heavy atom. The van der Waals surface area contributed by atoms with Crippen LogP contribution in [0.25, 0.3) is 0 Å². The second-order valence-corrected chi connectivity index (χ2v) is 5.84. The maximum absolute atomic E-state index is 13.3. The molecule has 2 atom stereocenters. The third-order valence-corrected chi connectivity index (χ3v) is 4.19. The van der Waals surface area contributed by atoms with Gasteiger partial charge in [0.2, 0.25) is 0 Å². The second-order valence-electron chi connectivity index (χ2n) is 5.84. The number of fused-ring (bicyclic) bond motifs is 1. The van der Waals surface area contributed by atoms with Crippen molar-refractivity contribution in [1.29, 1.82) is 0 Å². The summed E-state index contributed by atoms with van der Waals surface area (Å²) in [6.07, 6.45) is 3.27. The van der Waals surface area contributed by atoms with Gasteiger partial charge in [0, 0.05) is 24.6 Å². The van der Waals surface area contributed by atoms with E-state index in [1.807, 2.05) is 6.07 Å². The van der Waals surface area contributed by atoms with Gasteiger partial charge in [-0.3, -0.25) is 4.98 Å². The maximum atomic E-state index is 13.3. The van der Waals surface area contributed by atoms with Crippen molar-refractivity contribution in [3.8, 4) is 0 Å². The Morgan fingerprint density at radius 3 is 2.95 bits per heavy atom. The predicted molar refractivity (Wildman–Crippen MR) is 87.4 cm³/mol. The van der Waals surface area contributed by atoms with Crippen LogP contribution in [0.3, 0.4) is 0 Å². The lowest BCUT2D eigenvalue weighted by molar-refractivity contribution is 0.363. The van der Waals surface area contributed by atoms with E-state index >= 15 is 0 Å². The smallest absolute Gasteiger partial charge is 0.143 e. The molecular weight excluding hydrogens is 277 g/mol. The van der Waals surface area contributed by atoms with Gasteiger partial charge >= 0.3 is 0 Å². The molecule has 0 aliphatic carbocycles. The van der Waals surface area contributed by atoms with Gasteiger partial charge in [-0.15, -0.1) is 0 Å². The number of pyridine rings is 1.